The predicted molar refractivity (Wildman–Crippen MR) is 162 cm³/mol. The summed E-state index contributed by atoms with van der Waals surface area (Å²) in [5.41, 5.74) is 2.63. The van der Waals surface area contributed by atoms with Crippen molar-refractivity contribution < 1.29 is 13.2 Å². The maximum Gasteiger partial charge on any atom is 0.274 e. The van der Waals surface area contributed by atoms with Crippen molar-refractivity contribution in [2.24, 2.45) is 0 Å². The van der Waals surface area contributed by atoms with Crippen molar-refractivity contribution in [2.45, 2.75) is 37.6 Å². The number of carbonyl (C=O) groups excluding carboxylic acids is 1. The highest BCUT2D eigenvalue weighted by Gasteiger charge is 2.28. The quantitative estimate of drug-likeness (QED) is 0.240. The minimum absolute atomic E-state index is 0.0890. The van der Waals surface area contributed by atoms with Crippen molar-refractivity contribution in [1.82, 2.24) is 19.6 Å². The highest BCUT2D eigenvalue weighted by molar-refractivity contribution is 7.90. The highest BCUT2D eigenvalue weighted by Crippen LogP contribution is 2.37. The van der Waals surface area contributed by atoms with Gasteiger partial charge in [0.05, 0.1) is 26.2 Å². The summed E-state index contributed by atoms with van der Waals surface area (Å²) >= 11 is 8.09. The number of carbonyl (C=O) groups is 1. The number of piperazine rings is 1. The molecule has 0 unspecified atom stereocenters. The van der Waals surface area contributed by atoms with Gasteiger partial charge in [0.1, 0.15) is 0 Å². The Morgan fingerprint density at radius 1 is 0.950 bits per heavy atom. The number of thiophene rings is 1. The molecule has 0 spiro atoms. The van der Waals surface area contributed by atoms with Gasteiger partial charge in [0, 0.05) is 43.4 Å². The number of halogens is 1. The molecule has 0 bridgehead atoms. The van der Waals surface area contributed by atoms with Gasteiger partial charge in [-0.25, -0.2) is 13.1 Å². The van der Waals surface area contributed by atoms with Crippen LogP contribution in [0.4, 0.5) is 0 Å². The first kappa shape index (κ1) is 28.5. The molecule has 0 atom stereocenters. The zero-order valence-corrected chi connectivity index (χ0v) is 25.3. The van der Waals surface area contributed by atoms with Crippen molar-refractivity contribution in [3.63, 3.8) is 0 Å². The molecular weight excluding hydrogens is 564 g/mol. The van der Waals surface area contributed by atoms with Crippen LogP contribution in [0.25, 0.3) is 26.7 Å². The van der Waals surface area contributed by atoms with E-state index in [4.69, 9.17) is 16.7 Å². The Labute approximate surface area is 244 Å². The van der Waals surface area contributed by atoms with Crippen LogP contribution in [0.1, 0.15) is 37.2 Å². The van der Waals surface area contributed by atoms with Crippen molar-refractivity contribution in [3.05, 3.63) is 77.4 Å². The van der Waals surface area contributed by atoms with E-state index in [0.717, 1.165) is 46.9 Å². The summed E-state index contributed by atoms with van der Waals surface area (Å²) in [5, 5.41) is 5.29. The minimum atomic E-state index is -3.32. The molecule has 10 heteroatoms. The van der Waals surface area contributed by atoms with Crippen LogP contribution in [0.15, 0.2) is 71.6 Å². The Kier molecular flexibility index (Phi) is 8.47. The first-order chi connectivity index (χ1) is 19.2. The molecule has 2 aromatic heterocycles. The highest BCUT2D eigenvalue weighted by atomic mass is 35.5. The summed E-state index contributed by atoms with van der Waals surface area (Å²) in [6.07, 6.45) is 3.42. The first-order valence-corrected chi connectivity index (χ1v) is 16.6. The Morgan fingerprint density at radius 3 is 2.33 bits per heavy atom. The lowest BCUT2D eigenvalue weighted by Crippen LogP contribution is -2.51. The molecule has 0 radical (unpaired) electrons. The third kappa shape index (κ3) is 5.88. The summed E-state index contributed by atoms with van der Waals surface area (Å²) in [7, 11) is -3.32. The molecule has 4 aromatic rings. The lowest BCUT2D eigenvalue weighted by Gasteiger charge is -2.38. The molecule has 0 saturated carbocycles. The van der Waals surface area contributed by atoms with Crippen LogP contribution in [-0.2, 0) is 9.84 Å². The number of para-hydroxylation sites is 1. The number of hydrogen-bond donors (Lipinski definition) is 0. The summed E-state index contributed by atoms with van der Waals surface area (Å²) in [6, 6.07) is 20.7. The molecule has 1 amide bonds. The predicted octanol–water partition coefficient (Wildman–Crippen LogP) is 6.27. The third-order valence-corrected chi connectivity index (χ3v) is 10.1. The van der Waals surface area contributed by atoms with Crippen molar-refractivity contribution in [3.8, 4) is 26.7 Å². The maximum atomic E-state index is 13.6. The topological polar surface area (TPSA) is 75.5 Å². The van der Waals surface area contributed by atoms with E-state index in [1.165, 1.54) is 17.6 Å². The van der Waals surface area contributed by atoms with Gasteiger partial charge in [-0.2, -0.15) is 5.10 Å². The summed E-state index contributed by atoms with van der Waals surface area (Å²) in [6.45, 7) is 7.49. The van der Waals surface area contributed by atoms with E-state index < -0.39 is 9.84 Å². The summed E-state index contributed by atoms with van der Waals surface area (Å²) in [4.78, 5) is 20.1. The fourth-order valence-electron chi connectivity index (χ4n) is 5.24. The molecule has 1 aliphatic rings. The second-order valence-corrected chi connectivity index (χ2v) is 13.5. The van der Waals surface area contributed by atoms with Gasteiger partial charge in [0.25, 0.3) is 5.91 Å². The van der Waals surface area contributed by atoms with E-state index in [0.29, 0.717) is 35.5 Å². The van der Waals surface area contributed by atoms with Gasteiger partial charge < -0.3 is 4.90 Å². The fraction of sp³-hybridized carbons (Fsp3) is 0.333. The zero-order valence-electron chi connectivity index (χ0n) is 22.9. The van der Waals surface area contributed by atoms with Crippen LogP contribution >= 0.6 is 22.9 Å². The van der Waals surface area contributed by atoms with Crippen molar-refractivity contribution >= 4 is 38.7 Å². The number of nitrogens with zero attached hydrogens (tertiary/aromatic N) is 4. The molecule has 3 heterocycles. The first-order valence-electron chi connectivity index (χ1n) is 13.5. The average Bonchev–Trinajstić information content (AvgIpc) is 3.62. The van der Waals surface area contributed by atoms with E-state index in [9.17, 15) is 13.2 Å². The Balaban J connectivity index is 1.48. The lowest BCUT2D eigenvalue weighted by atomic mass is 10.1. The lowest BCUT2D eigenvalue weighted by molar-refractivity contribution is 0.0554. The zero-order chi connectivity index (χ0) is 28.4. The van der Waals surface area contributed by atoms with Crippen LogP contribution < -0.4 is 0 Å². The molecule has 210 valence electrons. The number of sulfone groups is 1. The fourth-order valence-corrected chi connectivity index (χ4v) is 7.12. The minimum Gasteiger partial charge on any atom is -0.335 e. The van der Waals surface area contributed by atoms with Gasteiger partial charge in [-0.15, -0.1) is 11.3 Å². The van der Waals surface area contributed by atoms with E-state index >= 15 is 0 Å². The number of benzene rings is 2. The standard InChI is InChI=1S/C30H33ClN4O3S2/c1-4-22(5-2)33-15-17-34(18-16-33)30(36)25-20-27(35(32-25)26-12-7-6-11-24(26)31)29-14-13-28(39-29)21-9-8-10-23(19-21)40(3,37)38/h6-14,19-20,22H,4-5,15-18H2,1-3H3. The molecule has 5 rings (SSSR count). The van der Waals surface area contributed by atoms with Crippen LogP contribution in [0.3, 0.4) is 0 Å². The SMILES string of the molecule is CCC(CC)N1CCN(C(=O)c2cc(-c3ccc(-c4cccc(S(C)(=O)=O)c4)s3)n(-c3ccccc3Cl)n2)CC1. The smallest absolute Gasteiger partial charge is 0.274 e. The number of amides is 1. The number of aromatic nitrogens is 2. The van der Waals surface area contributed by atoms with Crippen LogP contribution in [0, 0.1) is 0 Å². The molecule has 1 saturated heterocycles. The van der Waals surface area contributed by atoms with E-state index in [2.05, 4.69) is 18.7 Å². The monoisotopic (exact) mass is 596 g/mol. The van der Waals surface area contributed by atoms with Crippen molar-refractivity contribution in [2.75, 3.05) is 32.4 Å². The number of rotatable bonds is 8. The largest absolute Gasteiger partial charge is 0.335 e. The van der Waals surface area contributed by atoms with Gasteiger partial charge in [0.2, 0.25) is 0 Å². The average molecular weight is 597 g/mol. The van der Waals surface area contributed by atoms with Gasteiger partial charge in [-0.3, -0.25) is 9.69 Å². The molecule has 1 fully saturated rings. The molecule has 1 aliphatic heterocycles. The Bertz CT molecular complexity index is 1620. The molecule has 2 aromatic carbocycles. The molecule has 0 aliphatic carbocycles. The molecule has 0 N–H and O–H groups in total. The van der Waals surface area contributed by atoms with Crippen LogP contribution in [-0.4, -0.2) is 72.4 Å². The Morgan fingerprint density at radius 2 is 1.65 bits per heavy atom. The second kappa shape index (κ2) is 11.9. The summed E-state index contributed by atoms with van der Waals surface area (Å²) in [5.74, 6) is -0.0890. The van der Waals surface area contributed by atoms with Crippen LogP contribution in [0.5, 0.6) is 0 Å². The molecule has 7 nitrogen and oxygen atoms in total. The van der Waals surface area contributed by atoms with Gasteiger partial charge in [0.15, 0.2) is 15.5 Å². The van der Waals surface area contributed by atoms with E-state index in [-0.39, 0.29) is 10.8 Å². The normalized spacial score (nSPS) is 14.7. The van der Waals surface area contributed by atoms with Crippen LogP contribution in [0.2, 0.25) is 5.02 Å². The van der Waals surface area contributed by atoms with Gasteiger partial charge >= 0.3 is 0 Å². The van der Waals surface area contributed by atoms with Gasteiger partial charge in [-0.05, 0) is 60.9 Å². The van der Waals surface area contributed by atoms with Gasteiger partial charge in [-0.1, -0.05) is 49.7 Å². The molecule has 40 heavy (non-hydrogen) atoms. The van der Waals surface area contributed by atoms with E-state index in [1.54, 1.807) is 28.9 Å². The second-order valence-electron chi connectivity index (χ2n) is 10.0. The summed E-state index contributed by atoms with van der Waals surface area (Å²) < 4.78 is 25.9. The maximum absolute atomic E-state index is 13.6. The molecular formula is C30H33ClN4O3S2. The van der Waals surface area contributed by atoms with Crippen molar-refractivity contribution in [1.29, 1.82) is 0 Å². The Hall–Kier alpha value is -2.98. The number of hydrogen-bond acceptors (Lipinski definition) is 6. The van der Waals surface area contributed by atoms with E-state index in [1.807, 2.05) is 47.4 Å². The third-order valence-electron chi connectivity index (χ3n) is 7.47.